The highest BCUT2D eigenvalue weighted by molar-refractivity contribution is 6.53. The van der Waals surface area contributed by atoms with Crippen molar-refractivity contribution in [1.82, 2.24) is 0 Å². The normalized spacial score (nSPS) is 21.5. The number of hydrogen-bond acceptors (Lipinski definition) is 3. The van der Waals surface area contributed by atoms with Gasteiger partial charge >= 0.3 is 6.96 Å². The minimum atomic E-state index is -2.15. The van der Waals surface area contributed by atoms with E-state index in [0.717, 1.165) is 0 Å². The maximum absolute atomic E-state index is 6.49. The average Bonchev–Trinajstić information content (AvgIpc) is 3.37. The van der Waals surface area contributed by atoms with Crippen LogP contribution in [-0.4, -0.2) is 38.0 Å². The van der Waals surface area contributed by atoms with Gasteiger partial charge in [0.1, 0.15) is 12.0 Å². The second-order valence-corrected chi connectivity index (χ2v) is 10.2. The molecule has 4 aromatic rings. The second kappa shape index (κ2) is 6.93. The molecule has 172 valence electrons. The van der Waals surface area contributed by atoms with Crippen LogP contribution in [-0.2, 0) is 24.8 Å². The molecular weight excluding hydrogens is 435 g/mol. The summed E-state index contributed by atoms with van der Waals surface area (Å²) in [5.41, 5.74) is 9.52. The Kier molecular flexibility index (Phi) is 3.96. The molecule has 2 saturated heterocycles. The Bertz CT molecular complexity index is 1270. The molecular formula is C30H25BO4. The first-order chi connectivity index (χ1) is 17.2. The molecule has 2 aliphatic carbocycles. The summed E-state index contributed by atoms with van der Waals surface area (Å²) in [4.78, 5) is 0. The van der Waals surface area contributed by atoms with Gasteiger partial charge in [0.15, 0.2) is 0 Å². The lowest BCUT2D eigenvalue weighted by Gasteiger charge is -2.51. The van der Waals surface area contributed by atoms with Crippen LogP contribution in [0, 0.1) is 0 Å². The monoisotopic (exact) mass is 460 g/mol. The van der Waals surface area contributed by atoms with Crippen LogP contribution < -0.4 is 0 Å². The molecule has 0 aromatic heterocycles. The van der Waals surface area contributed by atoms with Crippen molar-refractivity contribution in [3.63, 3.8) is 0 Å². The van der Waals surface area contributed by atoms with E-state index in [1.807, 2.05) is 0 Å². The van der Waals surface area contributed by atoms with Gasteiger partial charge in [0.25, 0.3) is 0 Å². The average molecular weight is 460 g/mol. The minimum absolute atomic E-state index is 0.297. The Morgan fingerprint density at radius 3 is 1.20 bits per heavy atom. The molecule has 0 unspecified atom stereocenters. The third-order valence-electron chi connectivity index (χ3n) is 8.56. The van der Waals surface area contributed by atoms with Crippen LogP contribution >= 0.6 is 0 Å². The first-order valence-corrected chi connectivity index (χ1v) is 12.4. The quantitative estimate of drug-likeness (QED) is 0.275. The van der Waals surface area contributed by atoms with Gasteiger partial charge in [-0.2, -0.15) is 0 Å². The van der Waals surface area contributed by atoms with Gasteiger partial charge in [0.05, 0.1) is 5.41 Å². The molecule has 4 aromatic carbocycles. The van der Waals surface area contributed by atoms with E-state index in [-0.39, 0.29) is 10.8 Å². The predicted molar refractivity (Wildman–Crippen MR) is 136 cm³/mol. The summed E-state index contributed by atoms with van der Waals surface area (Å²) in [5, 5.41) is 0. The van der Waals surface area contributed by atoms with Crippen molar-refractivity contribution in [3.8, 4) is 22.3 Å². The van der Waals surface area contributed by atoms with E-state index in [2.05, 4.69) is 97.1 Å². The fraction of sp³-hybridized carbons (Fsp3) is 0.200. The Morgan fingerprint density at radius 1 is 0.486 bits per heavy atom. The van der Waals surface area contributed by atoms with E-state index in [1.54, 1.807) is 0 Å². The molecule has 8 rings (SSSR count). The number of benzene rings is 4. The molecule has 4 aliphatic rings. The number of rotatable bonds is 0. The van der Waals surface area contributed by atoms with Crippen LogP contribution in [0.25, 0.3) is 22.3 Å². The zero-order valence-electron chi connectivity index (χ0n) is 19.3. The van der Waals surface area contributed by atoms with Crippen LogP contribution in [0.15, 0.2) is 97.1 Å². The second-order valence-electron chi connectivity index (χ2n) is 10.2. The topological polar surface area (TPSA) is 40.5 Å². The molecule has 2 fully saturated rings. The lowest BCUT2D eigenvalue weighted by molar-refractivity contribution is -0.173. The fourth-order valence-electron chi connectivity index (χ4n) is 6.87. The first kappa shape index (κ1) is 20.0. The lowest BCUT2D eigenvalue weighted by Crippen LogP contribution is -2.66. The van der Waals surface area contributed by atoms with Gasteiger partial charge in [-0.05, 0) is 44.5 Å². The van der Waals surface area contributed by atoms with E-state index < -0.39 is 6.96 Å². The third-order valence-corrected chi connectivity index (χ3v) is 8.56. The summed E-state index contributed by atoms with van der Waals surface area (Å²) in [5.74, 6) is 0. The maximum Gasteiger partial charge on any atom is 0.730 e. The van der Waals surface area contributed by atoms with Crippen molar-refractivity contribution in [2.75, 3.05) is 26.4 Å². The van der Waals surface area contributed by atoms with Crippen LogP contribution in [0.4, 0.5) is 0 Å². The van der Waals surface area contributed by atoms with Crippen molar-refractivity contribution in [3.05, 3.63) is 119 Å². The van der Waals surface area contributed by atoms with Crippen molar-refractivity contribution in [2.45, 2.75) is 10.8 Å². The largest absolute Gasteiger partial charge is 0.730 e. The van der Waals surface area contributed by atoms with Gasteiger partial charge in [-0.25, -0.2) is 0 Å². The Labute approximate surface area is 204 Å². The van der Waals surface area contributed by atoms with Crippen molar-refractivity contribution in [2.24, 2.45) is 0 Å². The lowest BCUT2D eigenvalue weighted by atomic mass is 9.75. The third kappa shape index (κ3) is 2.51. The molecule has 4 nitrogen and oxygen atoms in total. The van der Waals surface area contributed by atoms with Crippen molar-refractivity contribution < 1.29 is 18.6 Å². The van der Waals surface area contributed by atoms with E-state index in [0.29, 0.717) is 26.4 Å². The van der Waals surface area contributed by atoms with Gasteiger partial charge in [-0.15, -0.1) is 0 Å². The molecule has 0 amide bonds. The number of fused-ring (bicyclic) bond motifs is 10. The zero-order valence-corrected chi connectivity index (χ0v) is 19.3. The summed E-state index contributed by atoms with van der Waals surface area (Å²) >= 11 is 0. The molecule has 5 heteroatoms. The summed E-state index contributed by atoms with van der Waals surface area (Å²) < 4.78 is 24.5. The van der Waals surface area contributed by atoms with E-state index in [1.165, 1.54) is 44.5 Å². The summed E-state index contributed by atoms with van der Waals surface area (Å²) in [7, 11) is 0. The zero-order chi connectivity index (χ0) is 23.1. The van der Waals surface area contributed by atoms with Gasteiger partial charge in [-0.3, -0.25) is 0 Å². The molecule has 0 atom stereocenters. The fourth-order valence-corrected chi connectivity index (χ4v) is 6.87. The maximum atomic E-state index is 6.49. The molecule has 0 bridgehead atoms. The Morgan fingerprint density at radius 2 is 0.829 bits per heavy atom. The summed E-state index contributed by atoms with van der Waals surface area (Å²) in [6, 6.07) is 34.4. The standard InChI is InChI=1S/C30H25BO4/c1-5-13-25-21(9-1)22-10-2-6-14-26(22)29(25)17-32-31(33-18-29)34-19-30(20-35-31)27-15-7-3-11-23(27)24-12-4-8-16-28(24)30/h1-16,32H,17-20H2. The molecule has 0 saturated carbocycles. The highest BCUT2D eigenvalue weighted by Crippen LogP contribution is 2.53. The molecule has 2 aliphatic heterocycles. The Balaban J connectivity index is 1.12. The SMILES string of the molecule is c1ccc2c(c1)-c1ccccc1C21CO[B-]2(OC1)OCC1(C[OH+]2)c2ccccc2-c2ccccc21. The van der Waals surface area contributed by atoms with Crippen molar-refractivity contribution in [1.29, 1.82) is 0 Å². The molecule has 0 radical (unpaired) electrons. The summed E-state index contributed by atoms with van der Waals surface area (Å²) in [6.07, 6.45) is 0. The smallest absolute Gasteiger partial charge is 0.604 e. The molecule has 3 spiro atoms. The highest BCUT2D eigenvalue weighted by atomic mass is 16.9. The molecule has 2 heterocycles. The molecule has 35 heavy (non-hydrogen) atoms. The van der Waals surface area contributed by atoms with Gasteiger partial charge in [0, 0.05) is 19.8 Å². The first-order valence-electron chi connectivity index (χ1n) is 12.4. The molecule has 1 N–H and O–H groups in total. The Hall–Kier alpha value is -3.22. The van der Waals surface area contributed by atoms with E-state index >= 15 is 0 Å². The van der Waals surface area contributed by atoms with E-state index in [9.17, 15) is 0 Å². The van der Waals surface area contributed by atoms with Gasteiger partial charge < -0.3 is 18.6 Å². The van der Waals surface area contributed by atoms with Gasteiger partial charge in [0.2, 0.25) is 0 Å². The van der Waals surface area contributed by atoms with Crippen LogP contribution in [0.2, 0.25) is 0 Å². The number of aliphatic hydroxyl groups is 1. The van der Waals surface area contributed by atoms with Gasteiger partial charge in [-0.1, -0.05) is 97.1 Å². The predicted octanol–water partition coefficient (Wildman–Crippen LogP) is 4.96. The highest BCUT2D eigenvalue weighted by Gasteiger charge is 2.60. The van der Waals surface area contributed by atoms with Crippen LogP contribution in [0.1, 0.15) is 22.3 Å². The number of hydrogen-bond donors (Lipinski definition) is 0. The van der Waals surface area contributed by atoms with E-state index in [4.69, 9.17) is 18.6 Å². The van der Waals surface area contributed by atoms with Crippen molar-refractivity contribution >= 4 is 6.96 Å². The van der Waals surface area contributed by atoms with Crippen LogP contribution in [0.5, 0.6) is 0 Å². The minimum Gasteiger partial charge on any atom is -0.604 e. The van der Waals surface area contributed by atoms with Crippen LogP contribution in [0.3, 0.4) is 0 Å². The summed E-state index contributed by atoms with van der Waals surface area (Å²) in [6.45, 7) is -0.0892.